The fourth-order valence-corrected chi connectivity index (χ4v) is 3.61. The van der Waals surface area contributed by atoms with E-state index in [2.05, 4.69) is 10.6 Å². The summed E-state index contributed by atoms with van der Waals surface area (Å²) in [5.74, 6) is -0.367. The van der Waals surface area contributed by atoms with Crippen molar-refractivity contribution in [3.8, 4) is 0 Å². The molecule has 0 aliphatic heterocycles. The summed E-state index contributed by atoms with van der Waals surface area (Å²) in [6.45, 7) is 1.40. The van der Waals surface area contributed by atoms with E-state index in [1.54, 1.807) is 35.6 Å². The van der Waals surface area contributed by atoms with Crippen LogP contribution in [0.15, 0.2) is 72.1 Å². The first-order valence-electron chi connectivity index (χ1n) is 9.04. The third-order valence-electron chi connectivity index (χ3n) is 4.16. The van der Waals surface area contributed by atoms with Crippen LogP contribution in [0.5, 0.6) is 0 Å². The topological polar surface area (TPSA) is 61.4 Å². The number of nitrogens with one attached hydrogen (secondary N) is 2. The number of amides is 2. The van der Waals surface area contributed by atoms with Gasteiger partial charge in [-0.25, -0.2) is 0 Å². The first-order chi connectivity index (χ1) is 13.6. The van der Waals surface area contributed by atoms with E-state index in [9.17, 15) is 9.59 Å². The molecular formula is C22H23N3O2S. The third kappa shape index (κ3) is 5.77. The Morgan fingerprint density at radius 2 is 1.71 bits per heavy atom. The van der Waals surface area contributed by atoms with E-state index in [0.717, 1.165) is 5.56 Å². The van der Waals surface area contributed by atoms with Gasteiger partial charge < -0.3 is 10.6 Å². The lowest BCUT2D eigenvalue weighted by Gasteiger charge is -2.16. The molecule has 0 aliphatic rings. The van der Waals surface area contributed by atoms with Crippen molar-refractivity contribution in [2.45, 2.75) is 13.1 Å². The van der Waals surface area contributed by atoms with Crippen molar-refractivity contribution >= 4 is 28.8 Å². The second-order valence-corrected chi connectivity index (χ2v) is 7.55. The van der Waals surface area contributed by atoms with Gasteiger partial charge in [-0.1, -0.05) is 48.5 Å². The quantitative estimate of drug-likeness (QED) is 0.613. The Morgan fingerprint density at radius 3 is 2.46 bits per heavy atom. The van der Waals surface area contributed by atoms with Crippen LogP contribution in [0, 0.1) is 0 Å². The number of thiophene rings is 1. The number of nitrogens with zero attached hydrogens (tertiary/aromatic N) is 1. The number of hydrogen-bond acceptors (Lipinski definition) is 4. The molecule has 144 valence electrons. The molecule has 0 fully saturated rings. The zero-order valence-electron chi connectivity index (χ0n) is 15.7. The van der Waals surface area contributed by atoms with Crippen LogP contribution in [0.2, 0.25) is 0 Å². The van der Waals surface area contributed by atoms with Gasteiger partial charge in [0, 0.05) is 18.0 Å². The fraction of sp³-hybridized carbons (Fsp3) is 0.182. The maximum Gasteiger partial charge on any atom is 0.253 e. The highest BCUT2D eigenvalue weighted by atomic mass is 32.1. The van der Waals surface area contributed by atoms with E-state index in [0.29, 0.717) is 24.3 Å². The molecule has 0 bridgehead atoms. The van der Waals surface area contributed by atoms with Crippen molar-refractivity contribution in [3.63, 3.8) is 0 Å². The summed E-state index contributed by atoms with van der Waals surface area (Å²) in [4.78, 5) is 28.2. The molecule has 3 rings (SSSR count). The minimum atomic E-state index is -0.216. The first kappa shape index (κ1) is 19.8. The highest BCUT2D eigenvalue weighted by Crippen LogP contribution is 2.16. The Morgan fingerprint density at radius 1 is 0.964 bits per heavy atom. The van der Waals surface area contributed by atoms with E-state index in [1.165, 1.54) is 4.88 Å². The lowest BCUT2D eigenvalue weighted by molar-refractivity contribution is -0.117. The van der Waals surface area contributed by atoms with Crippen LogP contribution in [0.1, 0.15) is 20.8 Å². The maximum atomic E-state index is 12.6. The van der Waals surface area contributed by atoms with Crippen molar-refractivity contribution in [1.82, 2.24) is 10.2 Å². The molecule has 3 aromatic rings. The van der Waals surface area contributed by atoms with E-state index in [-0.39, 0.29) is 18.4 Å². The summed E-state index contributed by atoms with van der Waals surface area (Å²) >= 11 is 1.67. The number of hydrogen-bond donors (Lipinski definition) is 2. The smallest absolute Gasteiger partial charge is 0.253 e. The van der Waals surface area contributed by atoms with Crippen molar-refractivity contribution in [1.29, 1.82) is 0 Å². The standard InChI is InChI=1S/C22H23N3O2S/c1-25(15-18-10-7-13-28-18)16-21(26)24-20-12-6-5-11-19(20)22(27)23-14-17-8-3-2-4-9-17/h2-13H,14-16H2,1H3,(H,23,27)(H,24,26). The number of likely N-dealkylation sites (N-methyl/N-ethyl adjacent to an activating group) is 1. The van der Waals surface area contributed by atoms with Gasteiger partial charge in [-0.3, -0.25) is 14.5 Å². The molecule has 2 aromatic carbocycles. The summed E-state index contributed by atoms with van der Waals surface area (Å²) in [5.41, 5.74) is 1.99. The Bertz CT molecular complexity index is 911. The predicted molar refractivity (Wildman–Crippen MR) is 113 cm³/mol. The van der Waals surface area contributed by atoms with Gasteiger partial charge in [0.2, 0.25) is 5.91 Å². The first-order valence-corrected chi connectivity index (χ1v) is 9.91. The van der Waals surface area contributed by atoms with Gasteiger partial charge in [-0.05, 0) is 36.2 Å². The van der Waals surface area contributed by atoms with Gasteiger partial charge in [0.15, 0.2) is 0 Å². The molecule has 6 heteroatoms. The van der Waals surface area contributed by atoms with Crippen LogP contribution >= 0.6 is 11.3 Å². The molecule has 0 saturated heterocycles. The molecule has 1 aromatic heterocycles. The van der Waals surface area contributed by atoms with Crippen molar-refractivity contribution < 1.29 is 9.59 Å². The lowest BCUT2D eigenvalue weighted by atomic mass is 10.1. The van der Waals surface area contributed by atoms with E-state index >= 15 is 0 Å². The second kappa shape index (κ2) is 9.82. The highest BCUT2D eigenvalue weighted by Gasteiger charge is 2.14. The van der Waals surface area contributed by atoms with Crippen LogP contribution in [0.4, 0.5) is 5.69 Å². The number of carbonyl (C=O) groups is 2. The highest BCUT2D eigenvalue weighted by molar-refractivity contribution is 7.09. The molecular weight excluding hydrogens is 370 g/mol. The molecule has 0 saturated carbocycles. The third-order valence-corrected chi connectivity index (χ3v) is 5.02. The average Bonchev–Trinajstić information content (AvgIpc) is 3.20. The van der Waals surface area contributed by atoms with Crippen LogP contribution in [-0.4, -0.2) is 30.3 Å². The van der Waals surface area contributed by atoms with Gasteiger partial charge in [-0.15, -0.1) is 11.3 Å². The van der Waals surface area contributed by atoms with Gasteiger partial charge in [0.25, 0.3) is 5.91 Å². The fourth-order valence-electron chi connectivity index (χ4n) is 2.82. The minimum absolute atomic E-state index is 0.151. The zero-order valence-corrected chi connectivity index (χ0v) is 16.5. The van der Waals surface area contributed by atoms with Crippen LogP contribution in [0.3, 0.4) is 0 Å². The molecule has 28 heavy (non-hydrogen) atoms. The van der Waals surface area contributed by atoms with Gasteiger partial charge in [-0.2, -0.15) is 0 Å². The molecule has 0 aliphatic carbocycles. The van der Waals surface area contributed by atoms with Crippen molar-refractivity contribution in [2.75, 3.05) is 18.9 Å². The number of carbonyl (C=O) groups excluding carboxylic acids is 2. The molecule has 2 amide bonds. The van der Waals surface area contributed by atoms with E-state index < -0.39 is 0 Å². The number of benzene rings is 2. The summed E-state index contributed by atoms with van der Waals surface area (Å²) in [6, 6.07) is 20.8. The summed E-state index contributed by atoms with van der Waals surface area (Å²) in [5, 5.41) is 7.78. The maximum absolute atomic E-state index is 12.6. The molecule has 1 heterocycles. The average molecular weight is 394 g/mol. The summed E-state index contributed by atoms with van der Waals surface area (Å²) in [6.07, 6.45) is 0. The summed E-state index contributed by atoms with van der Waals surface area (Å²) < 4.78 is 0. The van der Waals surface area contributed by atoms with Gasteiger partial charge in [0.05, 0.1) is 17.8 Å². The van der Waals surface area contributed by atoms with E-state index in [1.807, 2.05) is 59.8 Å². The lowest BCUT2D eigenvalue weighted by Crippen LogP contribution is -2.31. The molecule has 0 unspecified atom stereocenters. The minimum Gasteiger partial charge on any atom is -0.348 e. The van der Waals surface area contributed by atoms with E-state index in [4.69, 9.17) is 0 Å². The van der Waals surface area contributed by atoms with Crippen molar-refractivity contribution in [3.05, 3.63) is 88.1 Å². The SMILES string of the molecule is CN(CC(=O)Nc1ccccc1C(=O)NCc1ccccc1)Cc1cccs1. The van der Waals surface area contributed by atoms with Crippen LogP contribution in [0.25, 0.3) is 0 Å². The molecule has 0 atom stereocenters. The Labute approximate surface area is 169 Å². The normalized spacial score (nSPS) is 10.6. The number of para-hydroxylation sites is 1. The van der Waals surface area contributed by atoms with Crippen molar-refractivity contribution in [2.24, 2.45) is 0 Å². The Hall–Kier alpha value is -2.96. The molecule has 0 spiro atoms. The van der Waals surface area contributed by atoms with Gasteiger partial charge in [0.1, 0.15) is 0 Å². The predicted octanol–water partition coefficient (Wildman–Crippen LogP) is 3.75. The van der Waals surface area contributed by atoms with Crippen LogP contribution < -0.4 is 10.6 Å². The second-order valence-electron chi connectivity index (χ2n) is 6.51. The largest absolute Gasteiger partial charge is 0.348 e. The number of rotatable bonds is 8. The monoisotopic (exact) mass is 393 g/mol. The number of anilines is 1. The Kier molecular flexibility index (Phi) is 6.94. The molecule has 5 nitrogen and oxygen atoms in total. The molecule has 2 N–H and O–H groups in total. The summed E-state index contributed by atoms with van der Waals surface area (Å²) in [7, 11) is 1.90. The van der Waals surface area contributed by atoms with Crippen LogP contribution in [-0.2, 0) is 17.9 Å². The molecule has 0 radical (unpaired) electrons. The van der Waals surface area contributed by atoms with Gasteiger partial charge >= 0.3 is 0 Å². The zero-order chi connectivity index (χ0) is 19.8. The Balaban J connectivity index is 1.58.